The van der Waals surface area contributed by atoms with Gasteiger partial charge in [-0.2, -0.15) is 5.26 Å². The largest absolute Gasteiger partial charge is 0.377 e. The lowest BCUT2D eigenvalue weighted by Gasteiger charge is -2.32. The Hall–Kier alpha value is -2.12. The van der Waals surface area contributed by atoms with Crippen LogP contribution in [0.1, 0.15) is 23.4 Å². The van der Waals surface area contributed by atoms with Crippen molar-refractivity contribution in [2.24, 2.45) is 0 Å². The van der Waals surface area contributed by atoms with Gasteiger partial charge in [0, 0.05) is 0 Å². The van der Waals surface area contributed by atoms with E-state index in [1.54, 1.807) is 0 Å². The first-order valence-electron chi connectivity index (χ1n) is 6.97. The van der Waals surface area contributed by atoms with E-state index in [9.17, 15) is 5.26 Å². The van der Waals surface area contributed by atoms with Crippen molar-refractivity contribution in [3.63, 3.8) is 0 Å². The van der Waals surface area contributed by atoms with E-state index in [0.717, 1.165) is 17.1 Å². The number of benzene rings is 1. The summed E-state index contributed by atoms with van der Waals surface area (Å²) in [5, 5.41) is 9.31. The van der Waals surface area contributed by atoms with Crippen molar-refractivity contribution in [2.45, 2.75) is 24.7 Å². The summed E-state index contributed by atoms with van der Waals surface area (Å²) in [6.07, 6.45) is 5.43. The van der Waals surface area contributed by atoms with E-state index in [2.05, 4.69) is 34.2 Å². The van der Waals surface area contributed by atoms with E-state index in [-0.39, 0.29) is 0 Å². The number of ether oxygens (including phenoxy) is 1. The molecule has 0 amide bonds. The lowest BCUT2D eigenvalue weighted by atomic mass is 9.87. The molecule has 1 saturated heterocycles. The number of imidazole rings is 1. The van der Waals surface area contributed by atoms with Gasteiger partial charge >= 0.3 is 0 Å². The van der Waals surface area contributed by atoms with E-state index in [1.807, 2.05) is 6.20 Å². The third kappa shape index (κ3) is 1.60. The van der Waals surface area contributed by atoms with Gasteiger partial charge in [0.15, 0.2) is 5.41 Å². The predicted molar refractivity (Wildman–Crippen MR) is 74.2 cm³/mol. The maximum atomic E-state index is 9.31. The van der Waals surface area contributed by atoms with Gasteiger partial charge < -0.3 is 9.72 Å². The number of hydrogen-bond donors (Lipinski definition) is 1. The number of H-pyrrole nitrogens is 1. The Balaban J connectivity index is 1.70. The Morgan fingerprint density at radius 2 is 2.10 bits per heavy atom. The van der Waals surface area contributed by atoms with Crippen LogP contribution in [0.4, 0.5) is 0 Å². The number of aromatic amines is 1. The molecule has 2 aromatic rings. The molecule has 4 nitrogen and oxygen atoms in total. The molecule has 2 heterocycles. The molecule has 1 aromatic heterocycles. The number of hydrogen-bond acceptors (Lipinski definition) is 3. The van der Waals surface area contributed by atoms with Crippen LogP contribution < -0.4 is 0 Å². The molecule has 1 aliphatic heterocycles. The second-order valence-electron chi connectivity index (χ2n) is 5.67. The highest BCUT2D eigenvalue weighted by Gasteiger charge is 2.43. The van der Waals surface area contributed by atoms with Gasteiger partial charge in [-0.05, 0) is 42.0 Å². The van der Waals surface area contributed by atoms with Crippen LogP contribution in [-0.2, 0) is 23.0 Å². The lowest BCUT2D eigenvalue weighted by Crippen LogP contribution is -2.46. The molecule has 1 aliphatic carbocycles. The van der Waals surface area contributed by atoms with E-state index in [0.29, 0.717) is 13.2 Å². The van der Waals surface area contributed by atoms with Crippen LogP contribution in [0.5, 0.6) is 0 Å². The van der Waals surface area contributed by atoms with E-state index in [1.165, 1.54) is 30.4 Å². The predicted octanol–water partition coefficient (Wildman–Crippen LogP) is 2.36. The third-order valence-corrected chi connectivity index (χ3v) is 4.35. The number of nitrogens with zero attached hydrogens (tertiary/aromatic N) is 2. The molecule has 4 rings (SSSR count). The molecule has 20 heavy (non-hydrogen) atoms. The summed E-state index contributed by atoms with van der Waals surface area (Å²) in [5.74, 6) is 0.724. The summed E-state index contributed by atoms with van der Waals surface area (Å²) in [6, 6.07) is 8.91. The Kier molecular flexibility index (Phi) is 2.45. The van der Waals surface area contributed by atoms with Crippen LogP contribution in [0.25, 0.3) is 11.3 Å². The average molecular weight is 265 g/mol. The minimum Gasteiger partial charge on any atom is -0.377 e. The average Bonchev–Trinajstić information content (AvgIpc) is 3.06. The zero-order chi connectivity index (χ0) is 13.6. The molecule has 2 aliphatic rings. The Morgan fingerprint density at radius 1 is 1.25 bits per heavy atom. The van der Waals surface area contributed by atoms with Gasteiger partial charge in [0.05, 0.1) is 31.2 Å². The smallest absolute Gasteiger partial charge is 0.161 e. The lowest BCUT2D eigenvalue weighted by molar-refractivity contribution is -0.0335. The molecule has 0 atom stereocenters. The standard InChI is InChI=1S/C16H15N3O/c17-8-16(9-20-10-16)15-18-7-14(19-15)13-5-4-11-2-1-3-12(11)6-13/h4-7H,1-3,9-10H2,(H,18,19). The summed E-state index contributed by atoms with van der Waals surface area (Å²) in [5.41, 5.74) is 4.47. The second kappa shape index (κ2) is 4.19. The van der Waals surface area contributed by atoms with Crippen molar-refractivity contribution < 1.29 is 4.74 Å². The molecule has 0 unspecified atom stereocenters. The Morgan fingerprint density at radius 3 is 2.85 bits per heavy atom. The van der Waals surface area contributed by atoms with E-state index < -0.39 is 5.41 Å². The van der Waals surface area contributed by atoms with Gasteiger partial charge in [-0.25, -0.2) is 4.98 Å². The molecular weight excluding hydrogens is 250 g/mol. The van der Waals surface area contributed by atoms with Gasteiger partial charge in [-0.1, -0.05) is 12.1 Å². The van der Waals surface area contributed by atoms with Gasteiger partial charge in [-0.3, -0.25) is 0 Å². The van der Waals surface area contributed by atoms with Gasteiger partial charge in [-0.15, -0.1) is 0 Å². The number of aryl methyl sites for hydroxylation is 2. The summed E-state index contributed by atoms with van der Waals surface area (Å²) in [4.78, 5) is 7.69. The summed E-state index contributed by atoms with van der Waals surface area (Å²) in [7, 11) is 0. The molecule has 1 N–H and O–H groups in total. The quantitative estimate of drug-likeness (QED) is 0.906. The molecule has 0 saturated carbocycles. The summed E-state index contributed by atoms with van der Waals surface area (Å²) < 4.78 is 5.18. The van der Waals surface area contributed by atoms with E-state index in [4.69, 9.17) is 4.74 Å². The van der Waals surface area contributed by atoms with Crippen molar-refractivity contribution in [2.75, 3.05) is 13.2 Å². The zero-order valence-corrected chi connectivity index (χ0v) is 11.1. The summed E-state index contributed by atoms with van der Waals surface area (Å²) >= 11 is 0. The summed E-state index contributed by atoms with van der Waals surface area (Å²) in [6.45, 7) is 0.862. The minimum absolute atomic E-state index is 0.431. The van der Waals surface area contributed by atoms with Crippen LogP contribution in [-0.4, -0.2) is 23.2 Å². The fourth-order valence-electron chi connectivity index (χ4n) is 3.01. The van der Waals surface area contributed by atoms with Crippen molar-refractivity contribution in [1.29, 1.82) is 5.26 Å². The molecule has 0 bridgehead atoms. The second-order valence-corrected chi connectivity index (χ2v) is 5.67. The first kappa shape index (κ1) is 11.7. The maximum absolute atomic E-state index is 9.31. The number of fused-ring (bicyclic) bond motifs is 1. The monoisotopic (exact) mass is 265 g/mol. The van der Waals surface area contributed by atoms with Gasteiger partial charge in [0.1, 0.15) is 5.82 Å². The first-order chi connectivity index (χ1) is 9.81. The highest BCUT2D eigenvalue weighted by molar-refractivity contribution is 5.61. The number of aromatic nitrogens is 2. The maximum Gasteiger partial charge on any atom is 0.161 e. The van der Waals surface area contributed by atoms with Crippen molar-refractivity contribution >= 4 is 0 Å². The molecule has 0 radical (unpaired) electrons. The van der Waals surface area contributed by atoms with Gasteiger partial charge in [0.2, 0.25) is 0 Å². The molecular formula is C16H15N3O. The third-order valence-electron chi connectivity index (χ3n) is 4.35. The van der Waals surface area contributed by atoms with E-state index >= 15 is 0 Å². The van der Waals surface area contributed by atoms with Crippen LogP contribution in [0.2, 0.25) is 0 Å². The highest BCUT2D eigenvalue weighted by atomic mass is 16.5. The Labute approximate surface area is 117 Å². The normalized spacial score (nSPS) is 19.1. The fraction of sp³-hybridized carbons (Fsp3) is 0.375. The van der Waals surface area contributed by atoms with Crippen LogP contribution >= 0.6 is 0 Å². The SMILES string of the molecule is N#CC1(c2ncc(-c3ccc4c(c3)CCC4)[nH]2)COC1. The van der Waals surface area contributed by atoms with Crippen molar-refractivity contribution in [3.8, 4) is 17.3 Å². The molecule has 0 spiro atoms. The van der Waals surface area contributed by atoms with Gasteiger partial charge in [0.25, 0.3) is 0 Å². The van der Waals surface area contributed by atoms with Crippen molar-refractivity contribution in [1.82, 2.24) is 9.97 Å². The molecule has 1 aromatic carbocycles. The number of nitrogens with one attached hydrogen (secondary N) is 1. The van der Waals surface area contributed by atoms with Crippen LogP contribution in [0, 0.1) is 11.3 Å². The molecule has 100 valence electrons. The zero-order valence-electron chi connectivity index (χ0n) is 11.1. The Bertz CT molecular complexity index is 707. The number of nitriles is 1. The molecule has 4 heteroatoms. The first-order valence-corrected chi connectivity index (χ1v) is 6.97. The fourth-order valence-corrected chi connectivity index (χ4v) is 3.01. The topological polar surface area (TPSA) is 61.7 Å². The number of rotatable bonds is 2. The van der Waals surface area contributed by atoms with Crippen LogP contribution in [0.3, 0.4) is 0 Å². The molecule has 1 fully saturated rings. The van der Waals surface area contributed by atoms with Crippen LogP contribution in [0.15, 0.2) is 24.4 Å². The highest BCUT2D eigenvalue weighted by Crippen LogP contribution is 2.32. The minimum atomic E-state index is -0.574. The van der Waals surface area contributed by atoms with Crippen molar-refractivity contribution in [3.05, 3.63) is 41.3 Å².